The number of halogens is 1. The van der Waals surface area contributed by atoms with E-state index in [0.29, 0.717) is 12.3 Å². The maximum atomic E-state index is 12.9. The number of nitrogens with one attached hydrogen (secondary N) is 1. The number of ether oxygens (including phenoxy) is 1. The summed E-state index contributed by atoms with van der Waals surface area (Å²) in [7, 11) is 1.56. The van der Waals surface area contributed by atoms with Crippen LogP contribution in [0.25, 0.3) is 0 Å². The molecule has 1 atom stereocenters. The smallest absolute Gasteiger partial charge is 0.261 e. The lowest BCUT2D eigenvalue weighted by molar-refractivity contribution is -0.142. The van der Waals surface area contributed by atoms with Gasteiger partial charge in [0.25, 0.3) is 5.91 Å². The Labute approximate surface area is 168 Å². The van der Waals surface area contributed by atoms with E-state index in [-0.39, 0.29) is 18.4 Å². The number of amides is 2. The SMILES string of the molecule is CNC(=O)[C@H](C)N(Cc1ccc(Br)cc1)C(=O)COc1cc(C)ccc1C. The van der Waals surface area contributed by atoms with Gasteiger partial charge in [-0.25, -0.2) is 0 Å². The fourth-order valence-corrected chi connectivity index (χ4v) is 2.93. The summed E-state index contributed by atoms with van der Waals surface area (Å²) in [6.07, 6.45) is 0. The minimum atomic E-state index is -0.603. The Hall–Kier alpha value is -2.34. The molecule has 0 aliphatic rings. The predicted molar refractivity (Wildman–Crippen MR) is 110 cm³/mol. The van der Waals surface area contributed by atoms with Crippen LogP contribution >= 0.6 is 15.9 Å². The predicted octanol–water partition coefficient (Wildman–Crippen LogP) is 3.61. The molecule has 2 aromatic rings. The Bertz CT molecular complexity index is 806. The molecule has 0 saturated carbocycles. The molecule has 2 amide bonds. The number of carbonyl (C=O) groups is 2. The van der Waals surface area contributed by atoms with Gasteiger partial charge in [-0.3, -0.25) is 9.59 Å². The highest BCUT2D eigenvalue weighted by Crippen LogP contribution is 2.20. The summed E-state index contributed by atoms with van der Waals surface area (Å²) in [5.41, 5.74) is 2.97. The Morgan fingerprint density at radius 3 is 2.44 bits per heavy atom. The van der Waals surface area contributed by atoms with Crippen molar-refractivity contribution in [3.05, 3.63) is 63.6 Å². The minimum Gasteiger partial charge on any atom is -0.483 e. The van der Waals surface area contributed by atoms with E-state index in [0.717, 1.165) is 21.2 Å². The molecule has 0 aliphatic heterocycles. The quantitative estimate of drug-likeness (QED) is 0.726. The van der Waals surface area contributed by atoms with Gasteiger partial charge in [0.1, 0.15) is 11.8 Å². The molecular weight excluding hydrogens is 408 g/mol. The van der Waals surface area contributed by atoms with Crippen LogP contribution in [0.2, 0.25) is 0 Å². The summed E-state index contributed by atoms with van der Waals surface area (Å²) in [5.74, 6) is 0.224. The average molecular weight is 433 g/mol. The van der Waals surface area contributed by atoms with Crippen LogP contribution in [0.1, 0.15) is 23.6 Å². The van der Waals surface area contributed by atoms with Gasteiger partial charge in [0.2, 0.25) is 5.91 Å². The third-order valence-electron chi connectivity index (χ3n) is 4.37. The molecule has 0 saturated heterocycles. The van der Waals surface area contributed by atoms with Crippen LogP contribution in [-0.2, 0) is 16.1 Å². The van der Waals surface area contributed by atoms with Crippen LogP contribution < -0.4 is 10.1 Å². The molecule has 0 radical (unpaired) electrons. The maximum Gasteiger partial charge on any atom is 0.261 e. The van der Waals surface area contributed by atoms with Gasteiger partial charge in [0.15, 0.2) is 6.61 Å². The normalized spacial score (nSPS) is 11.6. The maximum absolute atomic E-state index is 12.9. The summed E-state index contributed by atoms with van der Waals surface area (Å²) in [5, 5.41) is 2.60. The van der Waals surface area contributed by atoms with Crippen molar-refractivity contribution in [3.8, 4) is 5.75 Å². The molecule has 2 aromatic carbocycles. The van der Waals surface area contributed by atoms with Gasteiger partial charge in [-0.2, -0.15) is 0 Å². The molecule has 2 rings (SSSR count). The topological polar surface area (TPSA) is 58.6 Å². The van der Waals surface area contributed by atoms with Crippen LogP contribution in [0.3, 0.4) is 0 Å². The van der Waals surface area contributed by atoms with Gasteiger partial charge >= 0.3 is 0 Å². The van der Waals surface area contributed by atoms with Crippen molar-refractivity contribution in [1.29, 1.82) is 0 Å². The molecule has 0 aliphatic carbocycles. The van der Waals surface area contributed by atoms with Crippen LogP contribution in [0.5, 0.6) is 5.75 Å². The Morgan fingerprint density at radius 2 is 1.81 bits per heavy atom. The largest absolute Gasteiger partial charge is 0.483 e. The van der Waals surface area contributed by atoms with E-state index >= 15 is 0 Å². The number of aryl methyl sites for hydroxylation is 2. The van der Waals surface area contributed by atoms with Crippen LogP contribution in [0, 0.1) is 13.8 Å². The first-order valence-electron chi connectivity index (χ1n) is 8.77. The molecule has 1 N–H and O–H groups in total. The van der Waals surface area contributed by atoms with E-state index in [9.17, 15) is 9.59 Å². The zero-order chi connectivity index (χ0) is 20.0. The van der Waals surface area contributed by atoms with Crippen LogP contribution in [-0.4, -0.2) is 36.4 Å². The van der Waals surface area contributed by atoms with E-state index in [1.165, 1.54) is 4.90 Å². The lowest BCUT2D eigenvalue weighted by Gasteiger charge is -2.28. The third-order valence-corrected chi connectivity index (χ3v) is 4.90. The number of likely N-dealkylation sites (N-methyl/N-ethyl adjacent to an activating group) is 1. The van der Waals surface area contributed by atoms with Crippen molar-refractivity contribution in [2.45, 2.75) is 33.4 Å². The highest BCUT2D eigenvalue weighted by molar-refractivity contribution is 9.10. The monoisotopic (exact) mass is 432 g/mol. The van der Waals surface area contributed by atoms with Gasteiger partial charge in [-0.15, -0.1) is 0 Å². The van der Waals surface area contributed by atoms with E-state index in [1.807, 2.05) is 56.3 Å². The fourth-order valence-electron chi connectivity index (χ4n) is 2.66. The number of benzene rings is 2. The molecule has 0 fully saturated rings. The highest BCUT2D eigenvalue weighted by atomic mass is 79.9. The van der Waals surface area contributed by atoms with Gasteiger partial charge in [-0.05, 0) is 55.7 Å². The van der Waals surface area contributed by atoms with E-state index < -0.39 is 6.04 Å². The Kier molecular flexibility index (Phi) is 7.42. The lowest BCUT2D eigenvalue weighted by Crippen LogP contribution is -2.48. The van der Waals surface area contributed by atoms with E-state index in [2.05, 4.69) is 21.2 Å². The summed E-state index contributed by atoms with van der Waals surface area (Å²) >= 11 is 3.40. The molecule has 27 heavy (non-hydrogen) atoms. The Morgan fingerprint density at radius 1 is 1.15 bits per heavy atom. The van der Waals surface area contributed by atoms with Crippen LogP contribution in [0.15, 0.2) is 46.9 Å². The first kappa shape index (κ1) is 21.0. The molecule has 0 unspecified atom stereocenters. The number of hydrogen-bond acceptors (Lipinski definition) is 3. The lowest BCUT2D eigenvalue weighted by atomic mass is 10.1. The minimum absolute atomic E-state index is 0.123. The number of nitrogens with zero attached hydrogens (tertiary/aromatic N) is 1. The number of hydrogen-bond donors (Lipinski definition) is 1. The summed E-state index contributed by atoms with van der Waals surface area (Å²) in [6, 6.07) is 12.9. The third kappa shape index (κ3) is 5.82. The van der Waals surface area contributed by atoms with Crippen molar-refractivity contribution in [2.75, 3.05) is 13.7 Å². The van der Waals surface area contributed by atoms with Crippen molar-refractivity contribution in [3.63, 3.8) is 0 Å². The molecule has 0 heterocycles. The van der Waals surface area contributed by atoms with E-state index in [4.69, 9.17) is 4.74 Å². The van der Waals surface area contributed by atoms with Gasteiger partial charge in [-0.1, -0.05) is 40.2 Å². The molecule has 0 bridgehead atoms. The van der Waals surface area contributed by atoms with Gasteiger partial charge in [0, 0.05) is 18.1 Å². The fraction of sp³-hybridized carbons (Fsp3) is 0.333. The zero-order valence-corrected chi connectivity index (χ0v) is 17.7. The standard InChI is InChI=1S/C21H25BrN2O3/c1-14-5-6-15(2)19(11-14)27-13-20(25)24(16(3)21(26)23-4)12-17-7-9-18(22)10-8-17/h5-11,16H,12-13H2,1-4H3,(H,23,26)/t16-/m0/s1. The summed E-state index contributed by atoms with van der Waals surface area (Å²) in [4.78, 5) is 26.5. The first-order valence-corrected chi connectivity index (χ1v) is 9.56. The second-order valence-corrected chi connectivity index (χ2v) is 7.41. The van der Waals surface area contributed by atoms with E-state index in [1.54, 1.807) is 14.0 Å². The molecule has 144 valence electrons. The zero-order valence-electron chi connectivity index (χ0n) is 16.1. The molecule has 5 nitrogen and oxygen atoms in total. The molecule has 6 heteroatoms. The number of rotatable bonds is 7. The molecule has 0 spiro atoms. The molecular formula is C21H25BrN2O3. The Balaban J connectivity index is 2.15. The summed E-state index contributed by atoms with van der Waals surface area (Å²) in [6.45, 7) is 5.83. The van der Waals surface area contributed by atoms with Crippen molar-refractivity contribution < 1.29 is 14.3 Å². The average Bonchev–Trinajstić information content (AvgIpc) is 2.66. The van der Waals surface area contributed by atoms with Crippen molar-refractivity contribution >= 4 is 27.7 Å². The second kappa shape index (κ2) is 9.55. The number of carbonyl (C=O) groups excluding carboxylic acids is 2. The van der Waals surface area contributed by atoms with Gasteiger partial charge < -0.3 is 15.0 Å². The molecule has 0 aromatic heterocycles. The van der Waals surface area contributed by atoms with Crippen LogP contribution in [0.4, 0.5) is 0 Å². The second-order valence-electron chi connectivity index (χ2n) is 6.50. The van der Waals surface area contributed by atoms with Crippen molar-refractivity contribution in [2.24, 2.45) is 0 Å². The van der Waals surface area contributed by atoms with Crippen molar-refractivity contribution in [1.82, 2.24) is 10.2 Å². The first-order chi connectivity index (χ1) is 12.8. The summed E-state index contributed by atoms with van der Waals surface area (Å²) < 4.78 is 6.71. The highest BCUT2D eigenvalue weighted by Gasteiger charge is 2.26. The van der Waals surface area contributed by atoms with Gasteiger partial charge in [0.05, 0.1) is 0 Å².